The molecule has 33 heavy (non-hydrogen) atoms. The van der Waals surface area contributed by atoms with Crippen molar-refractivity contribution in [1.29, 1.82) is 0 Å². The molecule has 0 spiro atoms. The van der Waals surface area contributed by atoms with Crippen LogP contribution in [0.3, 0.4) is 0 Å². The zero-order valence-corrected chi connectivity index (χ0v) is 20.5. The highest BCUT2D eigenvalue weighted by Crippen LogP contribution is 2.26. The van der Waals surface area contributed by atoms with Gasteiger partial charge in [0.05, 0.1) is 28.5 Å². The molecule has 5 aromatic rings. The lowest BCUT2D eigenvalue weighted by Gasteiger charge is -2.08. The Labute approximate surface area is 204 Å². The monoisotopic (exact) mass is 492 g/mol. The summed E-state index contributed by atoms with van der Waals surface area (Å²) in [6.07, 6.45) is 0. The van der Waals surface area contributed by atoms with E-state index in [1.807, 2.05) is 79.3 Å². The molecular weight excluding hydrogens is 472 g/mol. The summed E-state index contributed by atoms with van der Waals surface area (Å²) in [7, 11) is 1.88. The Morgan fingerprint density at radius 1 is 0.970 bits per heavy atom. The zero-order chi connectivity index (χ0) is 22.9. The van der Waals surface area contributed by atoms with E-state index in [0.717, 1.165) is 32.3 Å². The number of benzene rings is 2. The molecule has 8 heteroatoms. The molecule has 0 unspecified atom stereocenters. The fourth-order valence-electron chi connectivity index (χ4n) is 3.74. The number of nitrogens with zero attached hydrogens (tertiary/aromatic N) is 4. The van der Waals surface area contributed by atoms with Crippen molar-refractivity contribution in [3.8, 4) is 16.3 Å². The van der Waals surface area contributed by atoms with Crippen LogP contribution in [0.1, 0.15) is 11.3 Å². The number of hydrogen-bond acceptors (Lipinski definition) is 4. The van der Waals surface area contributed by atoms with Crippen LogP contribution in [0.5, 0.6) is 0 Å². The first-order valence-corrected chi connectivity index (χ1v) is 12.5. The second-order valence-electron chi connectivity index (χ2n) is 7.62. The predicted octanol–water partition coefficient (Wildman–Crippen LogP) is 6.01. The lowest BCUT2D eigenvalue weighted by Crippen LogP contribution is -2.20. The summed E-state index contributed by atoms with van der Waals surface area (Å²) in [4.78, 5) is 20.2. The first-order valence-electron chi connectivity index (χ1n) is 10.4. The molecule has 166 valence electrons. The largest absolute Gasteiger partial charge is 0.311 e. The highest BCUT2D eigenvalue weighted by Gasteiger charge is 2.17. The topological polar surface area (TPSA) is 44.2 Å². The maximum Gasteiger partial charge on any atom is 0.297 e. The van der Waals surface area contributed by atoms with Gasteiger partial charge < -0.3 is 4.57 Å². The van der Waals surface area contributed by atoms with Crippen LogP contribution in [-0.4, -0.2) is 13.9 Å². The first kappa shape index (κ1) is 21.7. The number of thiazole rings is 1. The molecule has 0 bridgehead atoms. The second kappa shape index (κ2) is 9.02. The van der Waals surface area contributed by atoms with Gasteiger partial charge in [-0.05, 0) is 48.2 Å². The molecule has 5 rings (SSSR count). The molecule has 5 nitrogen and oxygen atoms in total. The molecule has 0 saturated heterocycles. The van der Waals surface area contributed by atoms with Gasteiger partial charge in [0.1, 0.15) is 0 Å². The van der Waals surface area contributed by atoms with Crippen LogP contribution in [0.25, 0.3) is 16.3 Å². The highest BCUT2D eigenvalue weighted by atomic mass is 35.5. The summed E-state index contributed by atoms with van der Waals surface area (Å²) in [5.41, 5.74) is 4.14. The summed E-state index contributed by atoms with van der Waals surface area (Å²) < 4.78 is 5.68. The van der Waals surface area contributed by atoms with Crippen molar-refractivity contribution >= 4 is 40.0 Å². The van der Waals surface area contributed by atoms with Crippen molar-refractivity contribution in [3.05, 3.63) is 109 Å². The minimum Gasteiger partial charge on any atom is -0.311 e. The molecule has 3 heterocycles. The Morgan fingerprint density at radius 2 is 1.73 bits per heavy atom. The fourth-order valence-corrected chi connectivity index (χ4v) is 5.60. The van der Waals surface area contributed by atoms with E-state index >= 15 is 0 Å². The molecule has 0 fully saturated rings. The molecule has 2 aromatic carbocycles. The molecule has 0 amide bonds. The van der Waals surface area contributed by atoms with E-state index in [4.69, 9.17) is 16.6 Å². The van der Waals surface area contributed by atoms with Crippen LogP contribution < -0.4 is 10.4 Å². The molecule has 0 aliphatic heterocycles. The SMILES string of the molecule is Cc1c(N=c2scc(-c3cccs3)n2Cc2ccc(Cl)cc2)c(=O)n(-c2ccccc2)n1C. The lowest BCUT2D eigenvalue weighted by molar-refractivity contribution is 0.630. The predicted molar refractivity (Wildman–Crippen MR) is 137 cm³/mol. The van der Waals surface area contributed by atoms with E-state index in [2.05, 4.69) is 21.4 Å². The number of thiophene rings is 1. The third-order valence-electron chi connectivity index (χ3n) is 5.56. The normalized spacial score (nSPS) is 11.9. The van der Waals surface area contributed by atoms with Crippen LogP contribution in [-0.2, 0) is 13.6 Å². The number of rotatable bonds is 5. The third kappa shape index (κ3) is 4.15. The zero-order valence-electron chi connectivity index (χ0n) is 18.1. The second-order valence-corrected chi connectivity index (χ2v) is 9.84. The van der Waals surface area contributed by atoms with Crippen molar-refractivity contribution in [2.75, 3.05) is 0 Å². The number of hydrogen-bond donors (Lipinski definition) is 0. The summed E-state index contributed by atoms with van der Waals surface area (Å²) in [6, 6.07) is 21.6. The molecule has 0 atom stereocenters. The number of para-hydroxylation sites is 1. The van der Waals surface area contributed by atoms with Gasteiger partial charge in [0, 0.05) is 17.5 Å². The minimum absolute atomic E-state index is 0.134. The van der Waals surface area contributed by atoms with Crippen LogP contribution >= 0.6 is 34.3 Å². The minimum atomic E-state index is -0.134. The maximum atomic E-state index is 13.4. The average Bonchev–Trinajstić information content (AvgIpc) is 3.53. The molecule has 0 N–H and O–H groups in total. The van der Waals surface area contributed by atoms with Crippen molar-refractivity contribution in [2.45, 2.75) is 13.5 Å². The molecular formula is C25H21ClN4OS2. The van der Waals surface area contributed by atoms with E-state index < -0.39 is 0 Å². The Morgan fingerprint density at radius 3 is 2.42 bits per heavy atom. The summed E-state index contributed by atoms with van der Waals surface area (Å²) in [5, 5.41) is 4.88. The molecule has 0 aliphatic carbocycles. The maximum absolute atomic E-state index is 13.4. The summed E-state index contributed by atoms with van der Waals surface area (Å²) in [5.74, 6) is 0. The fraction of sp³-hybridized carbons (Fsp3) is 0.120. The van der Waals surface area contributed by atoms with Crippen molar-refractivity contribution in [1.82, 2.24) is 13.9 Å². The third-order valence-corrected chi connectivity index (χ3v) is 7.56. The van der Waals surface area contributed by atoms with Gasteiger partial charge in [-0.15, -0.1) is 22.7 Å². The van der Waals surface area contributed by atoms with E-state index in [0.29, 0.717) is 17.3 Å². The quantitative estimate of drug-likeness (QED) is 0.296. The summed E-state index contributed by atoms with van der Waals surface area (Å²) >= 11 is 9.31. The molecule has 0 saturated carbocycles. The van der Waals surface area contributed by atoms with Gasteiger partial charge in [-0.25, -0.2) is 9.67 Å². The Balaban J connectivity index is 1.68. The van der Waals surface area contributed by atoms with Crippen molar-refractivity contribution < 1.29 is 0 Å². The number of aromatic nitrogens is 3. The molecule has 0 radical (unpaired) electrons. The van der Waals surface area contributed by atoms with Crippen molar-refractivity contribution in [3.63, 3.8) is 0 Å². The Bertz CT molecular complexity index is 1520. The van der Waals surface area contributed by atoms with Gasteiger partial charge in [0.25, 0.3) is 5.56 Å². The van der Waals surface area contributed by atoms with E-state index in [9.17, 15) is 4.79 Å². The lowest BCUT2D eigenvalue weighted by atomic mass is 10.2. The molecule has 3 aromatic heterocycles. The Kier molecular flexibility index (Phi) is 5.93. The van der Waals surface area contributed by atoms with Crippen LogP contribution in [0.2, 0.25) is 5.02 Å². The number of halogens is 1. The van der Waals surface area contributed by atoms with Crippen LogP contribution in [0, 0.1) is 6.92 Å². The smallest absolute Gasteiger partial charge is 0.297 e. The van der Waals surface area contributed by atoms with E-state index in [1.165, 1.54) is 11.3 Å². The Hall–Kier alpha value is -3.13. The van der Waals surface area contributed by atoms with E-state index in [-0.39, 0.29) is 5.56 Å². The van der Waals surface area contributed by atoms with Crippen LogP contribution in [0.15, 0.2) is 87.3 Å². The van der Waals surface area contributed by atoms with E-state index in [1.54, 1.807) is 16.0 Å². The van der Waals surface area contributed by atoms with Crippen molar-refractivity contribution in [2.24, 2.45) is 12.0 Å². The van der Waals surface area contributed by atoms with Gasteiger partial charge >= 0.3 is 0 Å². The van der Waals surface area contributed by atoms with Gasteiger partial charge in [-0.3, -0.25) is 9.48 Å². The first-order chi connectivity index (χ1) is 16.0. The summed E-state index contributed by atoms with van der Waals surface area (Å²) in [6.45, 7) is 2.56. The highest BCUT2D eigenvalue weighted by molar-refractivity contribution is 7.14. The molecule has 0 aliphatic rings. The van der Waals surface area contributed by atoms with Gasteiger partial charge in [-0.2, -0.15) is 0 Å². The standard InChI is InChI=1S/C25H21ClN4OS2/c1-17-23(24(31)30(28(17)2)20-7-4-3-5-8-20)27-25-29(15-18-10-12-19(26)13-11-18)21(16-33-25)22-9-6-14-32-22/h3-14,16H,15H2,1-2H3. The van der Waals surface area contributed by atoms with Crippen LogP contribution in [0.4, 0.5) is 5.69 Å². The van der Waals surface area contributed by atoms with Gasteiger partial charge in [0.15, 0.2) is 10.5 Å². The van der Waals surface area contributed by atoms with Gasteiger partial charge in [-0.1, -0.05) is 48.0 Å². The van der Waals surface area contributed by atoms with Gasteiger partial charge in [0.2, 0.25) is 0 Å². The average molecular weight is 493 g/mol.